The standard InChI is InChI=1S/C17H25NO3/c1-6-11-21-14-9-7-13(12-15(14)20-5)8-10-16(19)18-17(2,3)4/h7-10,12H,6,11H2,1-5H3,(H,18,19)/b10-8+. The molecule has 4 nitrogen and oxygen atoms in total. The first-order valence-electron chi connectivity index (χ1n) is 7.17. The van der Waals surface area contributed by atoms with Crippen LogP contribution in [-0.2, 0) is 4.79 Å². The molecule has 0 atom stereocenters. The minimum absolute atomic E-state index is 0.118. The van der Waals surface area contributed by atoms with E-state index in [1.807, 2.05) is 39.0 Å². The summed E-state index contributed by atoms with van der Waals surface area (Å²) in [6.07, 6.45) is 4.22. The fourth-order valence-electron chi connectivity index (χ4n) is 1.70. The molecule has 0 bridgehead atoms. The second kappa shape index (κ2) is 7.72. The molecule has 0 saturated heterocycles. The average Bonchev–Trinajstić information content (AvgIpc) is 2.41. The minimum Gasteiger partial charge on any atom is -0.493 e. The van der Waals surface area contributed by atoms with Gasteiger partial charge in [0.1, 0.15) is 0 Å². The molecule has 0 saturated carbocycles. The van der Waals surface area contributed by atoms with Crippen LogP contribution in [0.5, 0.6) is 11.5 Å². The van der Waals surface area contributed by atoms with Crippen molar-refractivity contribution in [2.45, 2.75) is 39.7 Å². The number of ether oxygens (including phenoxy) is 2. The summed E-state index contributed by atoms with van der Waals surface area (Å²) in [6.45, 7) is 8.54. The molecule has 0 fully saturated rings. The number of rotatable bonds is 6. The Hall–Kier alpha value is -1.97. The lowest BCUT2D eigenvalue weighted by molar-refractivity contribution is -0.117. The van der Waals surface area contributed by atoms with E-state index in [2.05, 4.69) is 12.2 Å². The van der Waals surface area contributed by atoms with Gasteiger partial charge in [-0.3, -0.25) is 4.79 Å². The number of amides is 1. The number of hydrogen-bond donors (Lipinski definition) is 1. The van der Waals surface area contributed by atoms with Gasteiger partial charge in [-0.05, 0) is 51.0 Å². The number of carbonyl (C=O) groups excluding carboxylic acids is 1. The first kappa shape index (κ1) is 17.1. The number of nitrogens with one attached hydrogen (secondary N) is 1. The van der Waals surface area contributed by atoms with Crippen molar-refractivity contribution < 1.29 is 14.3 Å². The smallest absolute Gasteiger partial charge is 0.244 e. The Morgan fingerprint density at radius 3 is 2.57 bits per heavy atom. The van der Waals surface area contributed by atoms with Gasteiger partial charge in [0.15, 0.2) is 11.5 Å². The maximum absolute atomic E-state index is 11.7. The summed E-state index contributed by atoms with van der Waals surface area (Å²) in [5, 5.41) is 2.88. The van der Waals surface area contributed by atoms with Crippen molar-refractivity contribution in [3.8, 4) is 11.5 Å². The molecule has 0 aromatic heterocycles. The van der Waals surface area contributed by atoms with Crippen LogP contribution in [0, 0.1) is 0 Å². The summed E-state index contributed by atoms with van der Waals surface area (Å²) in [5.41, 5.74) is 0.650. The number of benzene rings is 1. The minimum atomic E-state index is -0.239. The normalized spacial score (nSPS) is 11.5. The quantitative estimate of drug-likeness (QED) is 0.817. The lowest BCUT2D eigenvalue weighted by Crippen LogP contribution is -2.39. The van der Waals surface area contributed by atoms with Crippen LogP contribution in [-0.4, -0.2) is 25.2 Å². The molecule has 0 aliphatic rings. The van der Waals surface area contributed by atoms with E-state index in [0.29, 0.717) is 12.4 Å². The van der Waals surface area contributed by atoms with Crippen molar-refractivity contribution in [2.24, 2.45) is 0 Å². The summed E-state index contributed by atoms with van der Waals surface area (Å²) in [7, 11) is 1.61. The molecule has 0 aliphatic carbocycles. The summed E-state index contributed by atoms with van der Waals surface area (Å²) >= 11 is 0. The maximum Gasteiger partial charge on any atom is 0.244 e. The Bertz CT molecular complexity index is 501. The van der Waals surface area contributed by atoms with Gasteiger partial charge in [-0.1, -0.05) is 13.0 Å². The Morgan fingerprint density at radius 2 is 2.00 bits per heavy atom. The SMILES string of the molecule is CCCOc1ccc(/C=C/C(=O)NC(C)(C)C)cc1OC. The highest BCUT2D eigenvalue weighted by Crippen LogP contribution is 2.28. The number of methoxy groups -OCH3 is 1. The van der Waals surface area contributed by atoms with Gasteiger partial charge < -0.3 is 14.8 Å². The van der Waals surface area contributed by atoms with E-state index in [0.717, 1.165) is 17.7 Å². The van der Waals surface area contributed by atoms with Crippen molar-refractivity contribution in [2.75, 3.05) is 13.7 Å². The molecular weight excluding hydrogens is 266 g/mol. The van der Waals surface area contributed by atoms with Gasteiger partial charge >= 0.3 is 0 Å². The van der Waals surface area contributed by atoms with Crippen molar-refractivity contribution in [3.05, 3.63) is 29.8 Å². The van der Waals surface area contributed by atoms with E-state index in [1.54, 1.807) is 13.2 Å². The zero-order valence-corrected chi connectivity index (χ0v) is 13.5. The van der Waals surface area contributed by atoms with Crippen LogP contribution in [0.25, 0.3) is 6.08 Å². The monoisotopic (exact) mass is 291 g/mol. The van der Waals surface area contributed by atoms with E-state index >= 15 is 0 Å². The predicted molar refractivity (Wildman–Crippen MR) is 85.7 cm³/mol. The Kier molecular flexibility index (Phi) is 6.28. The third-order valence-electron chi connectivity index (χ3n) is 2.57. The van der Waals surface area contributed by atoms with E-state index in [4.69, 9.17) is 9.47 Å². The molecule has 0 heterocycles. The van der Waals surface area contributed by atoms with Gasteiger partial charge in [-0.15, -0.1) is 0 Å². The lowest BCUT2D eigenvalue weighted by atomic mass is 10.1. The molecule has 1 rings (SSSR count). The molecule has 0 radical (unpaired) electrons. The van der Waals surface area contributed by atoms with E-state index in [1.165, 1.54) is 6.08 Å². The third kappa shape index (κ3) is 6.34. The fraction of sp³-hybridized carbons (Fsp3) is 0.471. The molecule has 21 heavy (non-hydrogen) atoms. The van der Waals surface area contributed by atoms with Crippen LogP contribution in [0.2, 0.25) is 0 Å². The highest BCUT2D eigenvalue weighted by molar-refractivity contribution is 5.92. The Morgan fingerprint density at radius 1 is 1.29 bits per heavy atom. The Balaban J connectivity index is 2.78. The second-order valence-corrected chi connectivity index (χ2v) is 5.83. The third-order valence-corrected chi connectivity index (χ3v) is 2.57. The van der Waals surface area contributed by atoms with Gasteiger partial charge in [0, 0.05) is 11.6 Å². The number of hydrogen-bond acceptors (Lipinski definition) is 3. The molecule has 0 spiro atoms. The largest absolute Gasteiger partial charge is 0.493 e. The van der Waals surface area contributed by atoms with Crippen molar-refractivity contribution >= 4 is 12.0 Å². The summed E-state index contributed by atoms with van der Waals surface area (Å²) < 4.78 is 10.9. The van der Waals surface area contributed by atoms with Crippen molar-refractivity contribution in [1.82, 2.24) is 5.32 Å². The molecule has 116 valence electrons. The van der Waals surface area contributed by atoms with Crippen LogP contribution < -0.4 is 14.8 Å². The van der Waals surface area contributed by atoms with Crippen LogP contribution in [0.4, 0.5) is 0 Å². The van der Waals surface area contributed by atoms with Crippen molar-refractivity contribution in [3.63, 3.8) is 0 Å². The van der Waals surface area contributed by atoms with Crippen LogP contribution in [0.1, 0.15) is 39.7 Å². The topological polar surface area (TPSA) is 47.6 Å². The number of carbonyl (C=O) groups is 1. The van der Waals surface area contributed by atoms with Crippen molar-refractivity contribution in [1.29, 1.82) is 0 Å². The summed E-state index contributed by atoms with van der Waals surface area (Å²) in [5.74, 6) is 1.27. The molecule has 1 aromatic carbocycles. The summed E-state index contributed by atoms with van der Waals surface area (Å²) in [4.78, 5) is 11.7. The van der Waals surface area contributed by atoms with Gasteiger partial charge in [-0.25, -0.2) is 0 Å². The van der Waals surface area contributed by atoms with Crippen LogP contribution >= 0.6 is 0 Å². The highest BCUT2D eigenvalue weighted by Gasteiger charge is 2.11. The molecular formula is C17H25NO3. The van der Waals surface area contributed by atoms with Crippen LogP contribution in [0.15, 0.2) is 24.3 Å². The maximum atomic E-state index is 11.7. The molecule has 1 N–H and O–H groups in total. The Labute approximate surface area is 127 Å². The van der Waals surface area contributed by atoms with E-state index < -0.39 is 0 Å². The second-order valence-electron chi connectivity index (χ2n) is 5.83. The highest BCUT2D eigenvalue weighted by atomic mass is 16.5. The predicted octanol–water partition coefficient (Wildman–Crippen LogP) is 3.41. The van der Waals surface area contributed by atoms with Crippen LogP contribution in [0.3, 0.4) is 0 Å². The first-order chi connectivity index (χ1) is 9.85. The van der Waals surface area contributed by atoms with E-state index in [-0.39, 0.29) is 11.4 Å². The molecule has 0 unspecified atom stereocenters. The van der Waals surface area contributed by atoms with Gasteiger partial charge in [0.05, 0.1) is 13.7 Å². The zero-order valence-electron chi connectivity index (χ0n) is 13.5. The fourth-order valence-corrected chi connectivity index (χ4v) is 1.70. The van der Waals surface area contributed by atoms with Gasteiger partial charge in [0.2, 0.25) is 5.91 Å². The molecule has 4 heteroatoms. The van der Waals surface area contributed by atoms with Gasteiger partial charge in [0.25, 0.3) is 0 Å². The molecule has 0 aliphatic heterocycles. The lowest BCUT2D eigenvalue weighted by Gasteiger charge is -2.19. The van der Waals surface area contributed by atoms with Gasteiger partial charge in [-0.2, -0.15) is 0 Å². The molecule has 1 amide bonds. The average molecular weight is 291 g/mol. The van der Waals surface area contributed by atoms with E-state index in [9.17, 15) is 4.79 Å². The zero-order chi connectivity index (χ0) is 15.9. The first-order valence-corrected chi connectivity index (χ1v) is 7.17. The molecule has 1 aromatic rings. The summed E-state index contributed by atoms with van der Waals surface area (Å²) in [6, 6.07) is 5.61.